The van der Waals surface area contributed by atoms with E-state index in [1.807, 2.05) is 12.1 Å². The van der Waals surface area contributed by atoms with Crippen LogP contribution < -0.4 is 5.32 Å². The SMILES string of the molecule is CC1CC(Nc2ccc(-n3cnnn3)cc2)CC(C)O1. The van der Waals surface area contributed by atoms with Gasteiger partial charge in [0.2, 0.25) is 0 Å². The van der Waals surface area contributed by atoms with Crippen molar-refractivity contribution >= 4 is 5.69 Å². The second kappa shape index (κ2) is 5.58. The van der Waals surface area contributed by atoms with E-state index in [0.29, 0.717) is 18.2 Å². The Kier molecular flexibility index (Phi) is 3.64. The first-order valence-corrected chi connectivity index (χ1v) is 6.96. The first kappa shape index (κ1) is 13.1. The van der Waals surface area contributed by atoms with Gasteiger partial charge in [0.1, 0.15) is 6.33 Å². The number of nitrogens with zero attached hydrogens (tertiary/aromatic N) is 4. The minimum absolute atomic E-state index is 0.316. The molecule has 2 atom stereocenters. The predicted octanol–water partition coefficient (Wildman–Crippen LogP) is 2.03. The van der Waals surface area contributed by atoms with E-state index >= 15 is 0 Å². The summed E-state index contributed by atoms with van der Waals surface area (Å²) in [5.74, 6) is 0. The van der Waals surface area contributed by atoms with Crippen LogP contribution in [0, 0.1) is 0 Å². The van der Waals surface area contributed by atoms with Crippen LogP contribution in [0.15, 0.2) is 30.6 Å². The molecule has 1 fully saturated rings. The standard InChI is InChI=1S/C14H19N5O/c1-10-7-13(8-11(2)20-10)16-12-3-5-14(6-4-12)19-9-15-17-18-19/h3-6,9-11,13,16H,7-8H2,1-2H3. The topological polar surface area (TPSA) is 64.9 Å². The van der Waals surface area contributed by atoms with Crippen molar-refractivity contribution in [3.05, 3.63) is 30.6 Å². The van der Waals surface area contributed by atoms with Gasteiger partial charge in [0.25, 0.3) is 0 Å². The Balaban J connectivity index is 1.66. The molecule has 106 valence electrons. The minimum atomic E-state index is 0.316. The second-order valence-corrected chi connectivity index (χ2v) is 5.37. The highest BCUT2D eigenvalue weighted by molar-refractivity contribution is 5.49. The Bertz CT molecular complexity index is 529. The fourth-order valence-corrected chi connectivity index (χ4v) is 2.75. The van der Waals surface area contributed by atoms with Gasteiger partial charge in [0.15, 0.2) is 0 Å². The Hall–Kier alpha value is -1.95. The number of rotatable bonds is 3. The van der Waals surface area contributed by atoms with Gasteiger partial charge in [-0.25, -0.2) is 4.68 Å². The van der Waals surface area contributed by atoms with E-state index in [1.54, 1.807) is 11.0 Å². The lowest BCUT2D eigenvalue weighted by molar-refractivity contribution is -0.0337. The number of benzene rings is 1. The van der Waals surface area contributed by atoms with E-state index in [1.165, 1.54) is 0 Å². The summed E-state index contributed by atoms with van der Waals surface area (Å²) in [5.41, 5.74) is 2.07. The summed E-state index contributed by atoms with van der Waals surface area (Å²) in [4.78, 5) is 0. The van der Waals surface area contributed by atoms with E-state index in [4.69, 9.17) is 4.74 Å². The second-order valence-electron chi connectivity index (χ2n) is 5.37. The molecule has 2 aromatic rings. The maximum absolute atomic E-state index is 5.76. The normalized spacial score (nSPS) is 26.4. The van der Waals surface area contributed by atoms with Crippen molar-refractivity contribution in [2.75, 3.05) is 5.32 Å². The summed E-state index contributed by atoms with van der Waals surface area (Å²) < 4.78 is 7.40. The monoisotopic (exact) mass is 273 g/mol. The van der Waals surface area contributed by atoms with E-state index in [0.717, 1.165) is 24.2 Å². The largest absolute Gasteiger partial charge is 0.382 e. The van der Waals surface area contributed by atoms with E-state index in [9.17, 15) is 0 Å². The Morgan fingerprint density at radius 3 is 2.45 bits per heavy atom. The molecule has 3 rings (SSSR count). The van der Waals surface area contributed by atoms with Gasteiger partial charge in [-0.15, -0.1) is 5.10 Å². The molecule has 6 nitrogen and oxygen atoms in total. The summed E-state index contributed by atoms with van der Waals surface area (Å²) >= 11 is 0. The van der Waals surface area contributed by atoms with E-state index in [-0.39, 0.29) is 0 Å². The van der Waals surface area contributed by atoms with Gasteiger partial charge in [0, 0.05) is 11.7 Å². The number of ether oxygens (including phenoxy) is 1. The molecule has 0 amide bonds. The zero-order valence-electron chi connectivity index (χ0n) is 11.7. The molecular weight excluding hydrogens is 254 g/mol. The molecule has 0 saturated carbocycles. The summed E-state index contributed by atoms with van der Waals surface area (Å²) in [5, 5.41) is 14.7. The van der Waals surface area contributed by atoms with Crippen LogP contribution >= 0.6 is 0 Å². The molecule has 6 heteroatoms. The summed E-state index contributed by atoms with van der Waals surface area (Å²) in [6.45, 7) is 4.26. The van der Waals surface area contributed by atoms with Crippen molar-refractivity contribution in [3.8, 4) is 5.69 Å². The average molecular weight is 273 g/mol. The van der Waals surface area contributed by atoms with Crippen molar-refractivity contribution in [2.45, 2.75) is 44.9 Å². The third-order valence-electron chi connectivity index (χ3n) is 3.55. The van der Waals surface area contributed by atoms with Gasteiger partial charge in [-0.05, 0) is 61.4 Å². The maximum atomic E-state index is 5.76. The average Bonchev–Trinajstić information content (AvgIpc) is 2.92. The van der Waals surface area contributed by atoms with Crippen LogP contribution in [0.3, 0.4) is 0 Å². The molecule has 1 aromatic heterocycles. The number of anilines is 1. The molecule has 1 N–H and O–H groups in total. The van der Waals surface area contributed by atoms with Crippen LogP contribution in [0.25, 0.3) is 5.69 Å². The van der Waals surface area contributed by atoms with Gasteiger partial charge in [-0.2, -0.15) is 0 Å². The summed E-state index contributed by atoms with van der Waals surface area (Å²) in [6.07, 6.45) is 4.30. The zero-order valence-corrected chi connectivity index (χ0v) is 11.7. The van der Waals surface area contributed by atoms with Gasteiger partial charge in [-0.3, -0.25) is 0 Å². The van der Waals surface area contributed by atoms with Gasteiger partial charge in [-0.1, -0.05) is 0 Å². The highest BCUT2D eigenvalue weighted by Gasteiger charge is 2.24. The fourth-order valence-electron chi connectivity index (χ4n) is 2.75. The lowest BCUT2D eigenvalue weighted by Crippen LogP contribution is -2.36. The quantitative estimate of drug-likeness (QED) is 0.927. The lowest BCUT2D eigenvalue weighted by atomic mass is 9.99. The number of hydrogen-bond donors (Lipinski definition) is 1. The van der Waals surface area contributed by atoms with Crippen LogP contribution in [0.4, 0.5) is 5.69 Å². The molecular formula is C14H19N5O. The highest BCUT2D eigenvalue weighted by Crippen LogP contribution is 2.23. The van der Waals surface area contributed by atoms with Crippen molar-refractivity contribution in [1.82, 2.24) is 20.2 Å². The molecule has 1 saturated heterocycles. The van der Waals surface area contributed by atoms with Crippen LogP contribution in [0.1, 0.15) is 26.7 Å². The zero-order chi connectivity index (χ0) is 13.9. The third kappa shape index (κ3) is 2.96. The van der Waals surface area contributed by atoms with Gasteiger partial charge < -0.3 is 10.1 Å². The van der Waals surface area contributed by atoms with E-state index in [2.05, 4.69) is 46.8 Å². The van der Waals surface area contributed by atoms with E-state index < -0.39 is 0 Å². The van der Waals surface area contributed by atoms with Crippen molar-refractivity contribution < 1.29 is 4.74 Å². The third-order valence-corrected chi connectivity index (χ3v) is 3.55. The van der Waals surface area contributed by atoms with Gasteiger partial charge >= 0.3 is 0 Å². The summed E-state index contributed by atoms with van der Waals surface area (Å²) in [7, 11) is 0. The first-order chi connectivity index (χ1) is 9.70. The Morgan fingerprint density at radius 2 is 1.85 bits per heavy atom. The Morgan fingerprint density at radius 1 is 1.15 bits per heavy atom. The number of hydrogen-bond acceptors (Lipinski definition) is 5. The lowest BCUT2D eigenvalue weighted by Gasteiger charge is -2.33. The molecule has 2 heterocycles. The first-order valence-electron chi connectivity index (χ1n) is 6.96. The summed E-state index contributed by atoms with van der Waals surface area (Å²) in [6, 6.07) is 8.59. The van der Waals surface area contributed by atoms with Crippen molar-refractivity contribution in [2.24, 2.45) is 0 Å². The fraction of sp³-hybridized carbons (Fsp3) is 0.500. The van der Waals surface area contributed by atoms with Crippen LogP contribution in [-0.4, -0.2) is 38.5 Å². The maximum Gasteiger partial charge on any atom is 0.143 e. The predicted molar refractivity (Wildman–Crippen MR) is 75.8 cm³/mol. The van der Waals surface area contributed by atoms with Crippen molar-refractivity contribution in [3.63, 3.8) is 0 Å². The molecule has 1 aliphatic heterocycles. The molecule has 0 spiro atoms. The number of tetrazole rings is 1. The Labute approximate surface area is 118 Å². The minimum Gasteiger partial charge on any atom is -0.382 e. The molecule has 0 aliphatic carbocycles. The highest BCUT2D eigenvalue weighted by atomic mass is 16.5. The number of aromatic nitrogens is 4. The molecule has 2 unspecified atom stereocenters. The molecule has 0 radical (unpaired) electrons. The molecule has 20 heavy (non-hydrogen) atoms. The smallest absolute Gasteiger partial charge is 0.143 e. The van der Waals surface area contributed by atoms with Crippen LogP contribution in [0.2, 0.25) is 0 Å². The van der Waals surface area contributed by atoms with Crippen LogP contribution in [0.5, 0.6) is 0 Å². The molecule has 1 aliphatic rings. The van der Waals surface area contributed by atoms with Crippen LogP contribution in [-0.2, 0) is 4.74 Å². The molecule has 0 bridgehead atoms. The van der Waals surface area contributed by atoms with Crippen molar-refractivity contribution in [1.29, 1.82) is 0 Å². The number of nitrogens with one attached hydrogen (secondary N) is 1. The van der Waals surface area contributed by atoms with Gasteiger partial charge in [0.05, 0.1) is 17.9 Å². The molecule has 1 aromatic carbocycles.